The number of nitrogens with one attached hydrogen (secondary N) is 1. The first-order chi connectivity index (χ1) is 16.0. The van der Waals surface area contributed by atoms with Crippen molar-refractivity contribution in [3.63, 3.8) is 0 Å². The molecule has 10 heteroatoms. The number of urea groups is 1. The van der Waals surface area contributed by atoms with Gasteiger partial charge in [0.1, 0.15) is 5.52 Å². The molecule has 172 valence electrons. The molecule has 1 aromatic heterocycles. The zero-order chi connectivity index (χ0) is 23.4. The molecule has 0 spiro atoms. The summed E-state index contributed by atoms with van der Waals surface area (Å²) < 4.78 is 15.3. The fourth-order valence-corrected chi connectivity index (χ4v) is 3.66. The van der Waals surface area contributed by atoms with Crippen LogP contribution in [-0.4, -0.2) is 73.2 Å². The highest BCUT2D eigenvalue weighted by molar-refractivity contribution is 6.03. The van der Waals surface area contributed by atoms with Crippen LogP contribution in [0.4, 0.5) is 10.5 Å². The minimum atomic E-state index is -0.620. The zero-order valence-electron chi connectivity index (χ0n) is 18.4. The standard InChI is InChI=1S/C23H24N4O6/c1-31-21(28)15-7-8-16(22(29)32-2)18(13-15)25-23(30)27-11-9-26(10-12-27)14-20-24-17-5-3-4-6-19(17)33-20/h3-8,13H,9-12,14H2,1-2H3,(H,25,30). The number of benzene rings is 2. The van der Waals surface area contributed by atoms with Gasteiger partial charge in [-0.1, -0.05) is 12.1 Å². The first kappa shape index (κ1) is 22.3. The normalized spacial score (nSPS) is 14.2. The Morgan fingerprint density at radius 2 is 1.73 bits per heavy atom. The van der Waals surface area contributed by atoms with Gasteiger partial charge in [0, 0.05) is 26.2 Å². The zero-order valence-corrected chi connectivity index (χ0v) is 18.4. The lowest BCUT2D eigenvalue weighted by Gasteiger charge is -2.34. The summed E-state index contributed by atoms with van der Waals surface area (Å²) in [7, 11) is 2.51. The van der Waals surface area contributed by atoms with E-state index in [0.717, 1.165) is 11.1 Å². The second-order valence-corrected chi connectivity index (χ2v) is 7.51. The van der Waals surface area contributed by atoms with Gasteiger partial charge in [0.05, 0.1) is 37.6 Å². The molecule has 4 rings (SSSR count). The Morgan fingerprint density at radius 3 is 2.42 bits per heavy atom. The number of oxazole rings is 1. The SMILES string of the molecule is COC(=O)c1ccc(C(=O)OC)c(NC(=O)N2CCN(Cc3nc4ccccc4o3)CC2)c1. The second kappa shape index (κ2) is 9.70. The van der Waals surface area contributed by atoms with Gasteiger partial charge in [-0.3, -0.25) is 4.90 Å². The lowest BCUT2D eigenvalue weighted by Crippen LogP contribution is -2.49. The Labute approximate surface area is 190 Å². The lowest BCUT2D eigenvalue weighted by atomic mass is 10.1. The Morgan fingerprint density at radius 1 is 1.00 bits per heavy atom. The van der Waals surface area contributed by atoms with Crippen LogP contribution >= 0.6 is 0 Å². The van der Waals surface area contributed by atoms with Gasteiger partial charge in [0.25, 0.3) is 0 Å². The van der Waals surface area contributed by atoms with Gasteiger partial charge in [-0.2, -0.15) is 0 Å². The van der Waals surface area contributed by atoms with Gasteiger partial charge in [0.15, 0.2) is 5.58 Å². The number of fused-ring (bicyclic) bond motifs is 1. The number of esters is 2. The number of methoxy groups -OCH3 is 2. The number of hydrogen-bond donors (Lipinski definition) is 1. The van der Waals surface area contributed by atoms with Gasteiger partial charge < -0.3 is 24.1 Å². The topological polar surface area (TPSA) is 114 Å². The van der Waals surface area contributed by atoms with Crippen LogP contribution in [0.1, 0.15) is 26.6 Å². The number of ether oxygens (including phenoxy) is 2. The molecule has 33 heavy (non-hydrogen) atoms. The molecule has 2 aromatic carbocycles. The van der Waals surface area contributed by atoms with Gasteiger partial charge in [-0.15, -0.1) is 0 Å². The Balaban J connectivity index is 1.39. The molecule has 0 radical (unpaired) electrons. The smallest absolute Gasteiger partial charge is 0.339 e. The molecule has 1 saturated heterocycles. The van der Waals surface area contributed by atoms with Crippen molar-refractivity contribution in [2.45, 2.75) is 6.54 Å². The highest BCUT2D eigenvalue weighted by Crippen LogP contribution is 2.21. The number of piperazine rings is 1. The average molecular weight is 452 g/mol. The largest absolute Gasteiger partial charge is 0.465 e. The van der Waals surface area contributed by atoms with Crippen LogP contribution in [0.5, 0.6) is 0 Å². The summed E-state index contributed by atoms with van der Waals surface area (Å²) in [5, 5.41) is 2.73. The van der Waals surface area contributed by atoms with Crippen LogP contribution in [0.3, 0.4) is 0 Å². The summed E-state index contributed by atoms with van der Waals surface area (Å²) in [6, 6.07) is 11.5. The molecule has 2 amide bonds. The van der Waals surface area contributed by atoms with Crippen LogP contribution in [-0.2, 0) is 16.0 Å². The number of amides is 2. The summed E-state index contributed by atoms with van der Waals surface area (Å²) in [5.74, 6) is -0.559. The minimum Gasteiger partial charge on any atom is -0.465 e. The van der Waals surface area contributed by atoms with E-state index >= 15 is 0 Å². The third kappa shape index (κ3) is 4.96. The number of para-hydroxylation sites is 2. The molecular weight excluding hydrogens is 428 g/mol. The van der Waals surface area contributed by atoms with Crippen LogP contribution < -0.4 is 5.32 Å². The van der Waals surface area contributed by atoms with E-state index in [0.29, 0.717) is 38.6 Å². The van der Waals surface area contributed by atoms with Crippen LogP contribution in [0.2, 0.25) is 0 Å². The maximum absolute atomic E-state index is 12.9. The Kier molecular flexibility index (Phi) is 6.55. The summed E-state index contributed by atoms with van der Waals surface area (Å²) in [4.78, 5) is 45.1. The maximum Gasteiger partial charge on any atom is 0.339 e. The highest BCUT2D eigenvalue weighted by Gasteiger charge is 2.24. The number of hydrogen-bond acceptors (Lipinski definition) is 8. The summed E-state index contributed by atoms with van der Waals surface area (Å²) >= 11 is 0. The van der Waals surface area contributed by atoms with Gasteiger partial charge >= 0.3 is 18.0 Å². The molecule has 1 N–H and O–H groups in total. The van der Waals surface area contributed by atoms with Gasteiger partial charge in [-0.25, -0.2) is 19.4 Å². The number of carbonyl (C=O) groups excluding carboxylic acids is 3. The van der Waals surface area contributed by atoms with E-state index in [1.165, 1.54) is 32.4 Å². The molecule has 0 aliphatic carbocycles. The van der Waals surface area contributed by atoms with Crippen molar-refractivity contribution in [1.82, 2.24) is 14.8 Å². The molecule has 2 heterocycles. The van der Waals surface area contributed by atoms with Crippen LogP contribution in [0.25, 0.3) is 11.1 Å². The van der Waals surface area contributed by atoms with E-state index in [-0.39, 0.29) is 22.8 Å². The monoisotopic (exact) mass is 452 g/mol. The molecule has 0 unspecified atom stereocenters. The summed E-state index contributed by atoms with van der Waals surface area (Å²) in [6.07, 6.45) is 0. The number of nitrogens with zero attached hydrogens (tertiary/aromatic N) is 3. The molecule has 1 fully saturated rings. The number of rotatable bonds is 5. The Hall–Kier alpha value is -3.92. The maximum atomic E-state index is 12.9. The summed E-state index contributed by atoms with van der Waals surface area (Å²) in [6.45, 7) is 2.79. The van der Waals surface area contributed by atoms with Gasteiger partial charge in [0.2, 0.25) is 5.89 Å². The van der Waals surface area contributed by atoms with Crippen molar-refractivity contribution in [2.75, 3.05) is 45.7 Å². The molecule has 3 aromatic rings. The van der Waals surface area contributed by atoms with E-state index < -0.39 is 11.9 Å². The van der Waals surface area contributed by atoms with E-state index in [2.05, 4.69) is 15.2 Å². The molecule has 0 saturated carbocycles. The lowest BCUT2D eigenvalue weighted by molar-refractivity contribution is 0.0587. The van der Waals surface area contributed by atoms with E-state index in [1.54, 1.807) is 4.90 Å². The molecule has 1 aliphatic heterocycles. The predicted molar refractivity (Wildman–Crippen MR) is 119 cm³/mol. The van der Waals surface area contributed by atoms with Crippen LogP contribution in [0.15, 0.2) is 46.9 Å². The first-order valence-electron chi connectivity index (χ1n) is 10.4. The van der Waals surface area contributed by atoms with E-state index in [4.69, 9.17) is 13.9 Å². The fraction of sp³-hybridized carbons (Fsp3) is 0.304. The Bertz CT molecular complexity index is 1150. The van der Waals surface area contributed by atoms with E-state index in [1.807, 2.05) is 24.3 Å². The first-order valence-corrected chi connectivity index (χ1v) is 10.4. The summed E-state index contributed by atoms with van der Waals surface area (Å²) in [5.41, 5.74) is 2.11. The quantitative estimate of drug-likeness (QED) is 0.588. The van der Waals surface area contributed by atoms with Crippen molar-refractivity contribution < 1.29 is 28.3 Å². The number of anilines is 1. The number of aromatic nitrogens is 1. The molecule has 1 aliphatic rings. The predicted octanol–water partition coefficient (Wildman–Crippen LogP) is 2.75. The molecule has 0 atom stereocenters. The van der Waals surface area contributed by atoms with Crippen LogP contribution in [0, 0.1) is 0 Å². The van der Waals surface area contributed by atoms with Crippen molar-refractivity contribution >= 4 is 34.8 Å². The fourth-order valence-electron chi connectivity index (χ4n) is 3.66. The average Bonchev–Trinajstić information content (AvgIpc) is 3.25. The minimum absolute atomic E-state index is 0.146. The third-order valence-electron chi connectivity index (χ3n) is 5.44. The third-order valence-corrected chi connectivity index (χ3v) is 5.44. The van der Waals surface area contributed by atoms with E-state index in [9.17, 15) is 14.4 Å². The van der Waals surface area contributed by atoms with Crippen molar-refractivity contribution in [2.24, 2.45) is 0 Å². The second-order valence-electron chi connectivity index (χ2n) is 7.51. The van der Waals surface area contributed by atoms with Crippen molar-refractivity contribution in [1.29, 1.82) is 0 Å². The molecule has 0 bridgehead atoms. The number of carbonyl (C=O) groups is 3. The highest BCUT2D eigenvalue weighted by atomic mass is 16.5. The van der Waals surface area contributed by atoms with Crippen molar-refractivity contribution in [3.8, 4) is 0 Å². The molecular formula is C23H24N4O6. The van der Waals surface area contributed by atoms with Gasteiger partial charge in [-0.05, 0) is 30.3 Å². The molecule has 10 nitrogen and oxygen atoms in total. The van der Waals surface area contributed by atoms with Crippen molar-refractivity contribution in [3.05, 3.63) is 59.5 Å².